The second-order valence-electron chi connectivity index (χ2n) is 5.71. The Kier molecular flexibility index (Phi) is 8.78. The van der Waals surface area contributed by atoms with Crippen molar-refractivity contribution in [1.29, 1.82) is 0 Å². The fourth-order valence-electron chi connectivity index (χ4n) is 2.07. The first-order valence-electron chi connectivity index (χ1n) is 8.51. The van der Waals surface area contributed by atoms with Gasteiger partial charge >= 0.3 is 18.0 Å². The van der Waals surface area contributed by atoms with E-state index in [-0.39, 0.29) is 19.0 Å². The number of amides is 1. The third kappa shape index (κ3) is 7.35. The first-order valence-corrected chi connectivity index (χ1v) is 8.51. The summed E-state index contributed by atoms with van der Waals surface area (Å²) in [7, 11) is 3.11. The number of hydrogen-bond donors (Lipinski definition) is 0. The Morgan fingerprint density at radius 3 is 1.74 bits per heavy atom. The van der Waals surface area contributed by atoms with Crippen LogP contribution in [0.1, 0.15) is 30.5 Å². The van der Waals surface area contributed by atoms with Gasteiger partial charge in [0.05, 0.1) is 13.2 Å². The van der Waals surface area contributed by atoms with Crippen LogP contribution in [-0.2, 0) is 19.1 Å². The highest BCUT2D eigenvalue weighted by molar-refractivity contribution is 5.90. The minimum Gasteiger partial charge on any atom is -0.463 e. The summed E-state index contributed by atoms with van der Waals surface area (Å²) in [5, 5.41) is 0. The van der Waals surface area contributed by atoms with E-state index in [9.17, 15) is 14.4 Å². The first-order chi connectivity index (χ1) is 12.8. The van der Waals surface area contributed by atoms with Crippen molar-refractivity contribution >= 4 is 30.2 Å². The lowest BCUT2D eigenvalue weighted by Gasteiger charge is -2.15. The van der Waals surface area contributed by atoms with Gasteiger partial charge in [-0.15, -0.1) is 0 Å². The van der Waals surface area contributed by atoms with Gasteiger partial charge < -0.3 is 19.1 Å². The van der Waals surface area contributed by atoms with Crippen LogP contribution in [0.15, 0.2) is 24.3 Å². The average molecular weight is 375 g/mol. The second kappa shape index (κ2) is 10.8. The predicted molar refractivity (Wildman–Crippen MR) is 102 cm³/mol. The zero-order chi connectivity index (χ0) is 20.4. The van der Waals surface area contributed by atoms with Gasteiger partial charge in [0.25, 0.3) is 0 Å². The summed E-state index contributed by atoms with van der Waals surface area (Å²) >= 11 is 0. The van der Waals surface area contributed by atoms with E-state index >= 15 is 0 Å². The zero-order valence-corrected chi connectivity index (χ0v) is 16.3. The van der Waals surface area contributed by atoms with Crippen molar-refractivity contribution in [2.24, 2.45) is 0 Å². The molecule has 0 saturated heterocycles. The smallest absolute Gasteiger partial charge is 0.414 e. The van der Waals surface area contributed by atoms with E-state index in [2.05, 4.69) is 0 Å². The number of aryl methyl sites for hydroxylation is 1. The van der Waals surface area contributed by atoms with Crippen molar-refractivity contribution in [3.8, 4) is 5.75 Å². The summed E-state index contributed by atoms with van der Waals surface area (Å²) in [5.74, 6) is -0.791. The number of ether oxygens (including phenoxy) is 3. The molecule has 0 aliphatic carbocycles. The Morgan fingerprint density at radius 1 is 0.926 bits per heavy atom. The number of nitrogens with zero attached hydrogens (tertiary/aromatic N) is 1. The number of carbonyl (C=O) groups excluding carboxylic acids is 3. The minimum atomic E-state index is -0.588. The van der Waals surface area contributed by atoms with Gasteiger partial charge in [0, 0.05) is 37.4 Å². The molecule has 0 heterocycles. The lowest BCUT2D eigenvalue weighted by Crippen LogP contribution is -2.26. The van der Waals surface area contributed by atoms with Crippen LogP contribution in [0.3, 0.4) is 0 Å². The van der Waals surface area contributed by atoms with Gasteiger partial charge in [-0.25, -0.2) is 14.4 Å². The molecule has 27 heavy (non-hydrogen) atoms. The lowest BCUT2D eigenvalue weighted by molar-refractivity contribution is -0.138. The largest absolute Gasteiger partial charge is 0.463 e. The second-order valence-corrected chi connectivity index (χ2v) is 5.71. The summed E-state index contributed by atoms with van der Waals surface area (Å²) in [5.41, 5.74) is 1.86. The molecule has 0 radical (unpaired) electrons. The molecular formula is C20H25NO6. The van der Waals surface area contributed by atoms with Crippen molar-refractivity contribution in [1.82, 2.24) is 4.90 Å². The van der Waals surface area contributed by atoms with Crippen molar-refractivity contribution in [2.45, 2.75) is 20.8 Å². The van der Waals surface area contributed by atoms with Gasteiger partial charge in [0.15, 0.2) is 0 Å². The van der Waals surface area contributed by atoms with Gasteiger partial charge in [-0.05, 0) is 50.6 Å². The van der Waals surface area contributed by atoms with Crippen LogP contribution in [-0.4, -0.2) is 50.2 Å². The molecule has 146 valence electrons. The summed E-state index contributed by atoms with van der Waals surface area (Å²) in [6.45, 7) is 5.78. The van der Waals surface area contributed by atoms with Gasteiger partial charge in [-0.1, -0.05) is 0 Å². The maximum absolute atomic E-state index is 12.1. The van der Waals surface area contributed by atoms with Crippen molar-refractivity contribution < 1.29 is 28.6 Å². The van der Waals surface area contributed by atoms with E-state index in [4.69, 9.17) is 14.2 Å². The molecule has 0 bridgehead atoms. The van der Waals surface area contributed by atoms with Crippen molar-refractivity contribution in [2.75, 3.05) is 27.3 Å². The predicted octanol–water partition coefficient (Wildman–Crippen LogP) is 3.21. The fraction of sp³-hybridized carbons (Fsp3) is 0.350. The summed E-state index contributed by atoms with van der Waals surface area (Å²) in [6, 6.07) is 3.52. The summed E-state index contributed by atoms with van der Waals surface area (Å²) < 4.78 is 15.2. The molecule has 0 aliphatic heterocycles. The van der Waals surface area contributed by atoms with Gasteiger partial charge in [0.1, 0.15) is 5.75 Å². The molecule has 0 aromatic heterocycles. The van der Waals surface area contributed by atoms with E-state index in [0.29, 0.717) is 11.1 Å². The monoisotopic (exact) mass is 375 g/mol. The molecule has 0 atom stereocenters. The highest BCUT2D eigenvalue weighted by Gasteiger charge is 2.15. The van der Waals surface area contributed by atoms with Crippen LogP contribution >= 0.6 is 0 Å². The molecule has 0 N–H and O–H groups in total. The normalized spacial score (nSPS) is 10.9. The van der Waals surface area contributed by atoms with E-state index in [0.717, 1.165) is 5.56 Å². The average Bonchev–Trinajstić information content (AvgIpc) is 2.60. The van der Waals surface area contributed by atoms with E-state index in [1.807, 2.05) is 6.92 Å². The lowest BCUT2D eigenvalue weighted by atomic mass is 10.0. The van der Waals surface area contributed by atoms with Gasteiger partial charge in [-0.2, -0.15) is 0 Å². The Labute approximate surface area is 159 Å². The van der Waals surface area contributed by atoms with Crippen LogP contribution in [0.25, 0.3) is 12.2 Å². The van der Waals surface area contributed by atoms with Gasteiger partial charge in [-0.3, -0.25) is 0 Å². The molecule has 1 aromatic rings. The van der Waals surface area contributed by atoms with Crippen molar-refractivity contribution in [3.63, 3.8) is 0 Å². The number of esters is 2. The summed E-state index contributed by atoms with van der Waals surface area (Å²) in [4.78, 5) is 36.6. The molecule has 0 aliphatic rings. The number of carbonyl (C=O) groups is 3. The molecule has 1 rings (SSSR count). The summed E-state index contributed by atoms with van der Waals surface area (Å²) in [6.07, 6.45) is 4.93. The molecule has 0 fully saturated rings. The molecule has 7 nitrogen and oxygen atoms in total. The van der Waals surface area contributed by atoms with E-state index < -0.39 is 18.0 Å². The minimum absolute atomic E-state index is 0.223. The SMILES string of the molecule is CCOC(=O)/C=C/c1cc(C)cc(/C=C/C(=O)OCC)c1OC(=O)N(C)C. The third-order valence-corrected chi connectivity index (χ3v) is 3.22. The standard InChI is InChI=1S/C20H25NO6/c1-6-25-17(22)10-8-15-12-14(3)13-16(9-11-18(23)26-7-2)19(15)27-20(24)21(4)5/h8-13H,6-7H2,1-5H3/b10-8+,11-9+. The van der Waals surface area contributed by atoms with Crippen molar-refractivity contribution in [3.05, 3.63) is 41.0 Å². The zero-order valence-electron chi connectivity index (χ0n) is 16.3. The van der Waals surface area contributed by atoms with Crippen LogP contribution in [0, 0.1) is 6.92 Å². The Bertz CT molecular complexity index is 700. The van der Waals surface area contributed by atoms with Crippen LogP contribution in [0.4, 0.5) is 4.79 Å². The van der Waals surface area contributed by atoms with Crippen LogP contribution < -0.4 is 4.74 Å². The number of rotatable bonds is 7. The van der Waals surface area contributed by atoms with Crippen LogP contribution in [0.5, 0.6) is 5.75 Å². The third-order valence-electron chi connectivity index (χ3n) is 3.22. The number of benzene rings is 1. The topological polar surface area (TPSA) is 82.1 Å². The molecule has 1 aromatic carbocycles. The Morgan fingerprint density at radius 2 is 1.37 bits per heavy atom. The quantitative estimate of drug-likeness (QED) is 0.538. The molecule has 0 saturated carbocycles. The van der Waals surface area contributed by atoms with E-state index in [1.165, 1.54) is 29.2 Å². The molecular weight excluding hydrogens is 350 g/mol. The molecule has 1 amide bonds. The van der Waals surface area contributed by atoms with Crippen LogP contribution in [0.2, 0.25) is 0 Å². The fourth-order valence-corrected chi connectivity index (χ4v) is 2.07. The maximum atomic E-state index is 12.1. The Balaban J connectivity index is 3.36. The van der Waals surface area contributed by atoms with Gasteiger partial charge in [0.2, 0.25) is 0 Å². The first kappa shape index (κ1) is 22.0. The molecule has 0 spiro atoms. The Hall–Kier alpha value is -3.09. The molecule has 0 unspecified atom stereocenters. The highest BCUT2D eigenvalue weighted by atomic mass is 16.6. The maximum Gasteiger partial charge on any atom is 0.414 e. The van der Waals surface area contributed by atoms with E-state index in [1.54, 1.807) is 40.1 Å². The molecule has 7 heteroatoms. The number of hydrogen-bond acceptors (Lipinski definition) is 6. The highest BCUT2D eigenvalue weighted by Crippen LogP contribution is 2.29.